The molecule has 6 nitrogen and oxygen atoms in total. The van der Waals surface area contributed by atoms with Crippen LogP contribution in [0.2, 0.25) is 0 Å². The molecule has 100 valence electrons. The molecule has 1 aromatic carbocycles. The predicted octanol–water partition coefficient (Wildman–Crippen LogP) is 1.86. The van der Waals surface area contributed by atoms with Gasteiger partial charge < -0.3 is 15.4 Å². The van der Waals surface area contributed by atoms with E-state index in [1.54, 1.807) is 6.20 Å². The number of rotatable bonds is 2. The minimum absolute atomic E-state index is 0.186. The zero-order valence-corrected chi connectivity index (χ0v) is 10.5. The van der Waals surface area contributed by atoms with E-state index in [2.05, 4.69) is 20.8 Å². The van der Waals surface area contributed by atoms with E-state index in [1.165, 1.54) is 0 Å². The van der Waals surface area contributed by atoms with E-state index in [0.29, 0.717) is 13.2 Å². The third-order valence-corrected chi connectivity index (χ3v) is 3.28. The number of hydrogen-bond donors (Lipinski definition) is 3. The number of benzene rings is 1. The summed E-state index contributed by atoms with van der Waals surface area (Å²) in [5.41, 5.74) is 1.57. The largest absolute Gasteiger partial charge is 0.381 e. The number of nitrogens with one attached hydrogen (secondary N) is 3. The van der Waals surface area contributed by atoms with Crippen LogP contribution in [0.1, 0.15) is 12.8 Å². The van der Waals surface area contributed by atoms with Crippen molar-refractivity contribution >= 4 is 22.6 Å². The zero-order chi connectivity index (χ0) is 13.1. The third kappa shape index (κ3) is 2.68. The van der Waals surface area contributed by atoms with Gasteiger partial charge >= 0.3 is 6.03 Å². The Balaban J connectivity index is 1.67. The fraction of sp³-hybridized carbons (Fsp3) is 0.385. The molecule has 6 heteroatoms. The van der Waals surface area contributed by atoms with E-state index in [9.17, 15) is 4.79 Å². The number of fused-ring (bicyclic) bond motifs is 1. The number of nitrogens with zero attached hydrogens (tertiary/aromatic N) is 1. The highest BCUT2D eigenvalue weighted by atomic mass is 16.5. The van der Waals surface area contributed by atoms with Crippen molar-refractivity contribution in [1.82, 2.24) is 15.5 Å². The fourth-order valence-electron chi connectivity index (χ4n) is 2.26. The van der Waals surface area contributed by atoms with E-state index in [4.69, 9.17) is 4.74 Å². The average Bonchev–Trinajstić information content (AvgIpc) is 2.89. The molecule has 0 spiro atoms. The number of para-hydroxylation sites is 1. The highest BCUT2D eigenvalue weighted by Gasteiger charge is 2.16. The molecule has 19 heavy (non-hydrogen) atoms. The van der Waals surface area contributed by atoms with Crippen molar-refractivity contribution in [2.75, 3.05) is 18.5 Å². The molecule has 0 radical (unpaired) electrons. The summed E-state index contributed by atoms with van der Waals surface area (Å²) in [6, 6.07) is 5.69. The summed E-state index contributed by atoms with van der Waals surface area (Å²) in [6.45, 7) is 1.42. The molecule has 1 aliphatic rings. The lowest BCUT2D eigenvalue weighted by Crippen LogP contribution is -2.41. The fourth-order valence-corrected chi connectivity index (χ4v) is 2.26. The number of carbonyl (C=O) groups excluding carboxylic acids is 1. The van der Waals surface area contributed by atoms with Gasteiger partial charge in [0.1, 0.15) is 0 Å². The Hall–Kier alpha value is -2.08. The van der Waals surface area contributed by atoms with Gasteiger partial charge in [-0.1, -0.05) is 12.1 Å². The minimum Gasteiger partial charge on any atom is -0.381 e. The van der Waals surface area contributed by atoms with Crippen LogP contribution in [0.5, 0.6) is 0 Å². The Morgan fingerprint density at radius 2 is 2.21 bits per heavy atom. The minimum atomic E-state index is -0.186. The van der Waals surface area contributed by atoms with Crippen LogP contribution >= 0.6 is 0 Å². The molecule has 1 saturated heterocycles. The van der Waals surface area contributed by atoms with Crippen molar-refractivity contribution in [3.63, 3.8) is 0 Å². The molecular formula is C13H16N4O2. The predicted molar refractivity (Wildman–Crippen MR) is 72.1 cm³/mol. The lowest BCUT2D eigenvalue weighted by atomic mass is 10.1. The molecule has 0 aliphatic carbocycles. The van der Waals surface area contributed by atoms with Crippen LogP contribution in [0.15, 0.2) is 24.4 Å². The molecule has 0 atom stereocenters. The topological polar surface area (TPSA) is 79.0 Å². The maximum absolute atomic E-state index is 11.9. The lowest BCUT2D eigenvalue weighted by molar-refractivity contribution is 0.0806. The number of amides is 2. The second kappa shape index (κ2) is 5.27. The second-order valence-electron chi connectivity index (χ2n) is 4.62. The molecular weight excluding hydrogens is 244 g/mol. The van der Waals surface area contributed by atoms with Crippen molar-refractivity contribution in [1.29, 1.82) is 0 Å². The Labute approximate surface area is 110 Å². The monoisotopic (exact) mass is 260 g/mol. The maximum Gasteiger partial charge on any atom is 0.319 e. The van der Waals surface area contributed by atoms with Crippen molar-refractivity contribution in [2.24, 2.45) is 0 Å². The van der Waals surface area contributed by atoms with Crippen LogP contribution in [0.3, 0.4) is 0 Å². The normalized spacial score (nSPS) is 16.4. The standard InChI is InChI=1S/C13H16N4O2/c18-13(15-10-4-6-19-7-5-10)16-11-3-1-2-9-8-14-17-12(9)11/h1-3,8,10H,4-7H2,(H,14,17)(H2,15,16,18). The van der Waals surface area contributed by atoms with E-state index >= 15 is 0 Å². The summed E-state index contributed by atoms with van der Waals surface area (Å²) < 4.78 is 5.26. The number of anilines is 1. The van der Waals surface area contributed by atoms with Gasteiger partial charge in [-0.25, -0.2) is 4.79 Å². The molecule has 2 heterocycles. The zero-order valence-electron chi connectivity index (χ0n) is 10.5. The first-order valence-electron chi connectivity index (χ1n) is 6.40. The van der Waals surface area contributed by atoms with Crippen molar-refractivity contribution in [3.8, 4) is 0 Å². The molecule has 3 N–H and O–H groups in total. The first-order valence-corrected chi connectivity index (χ1v) is 6.40. The molecule has 1 aromatic heterocycles. The van der Waals surface area contributed by atoms with Crippen molar-refractivity contribution in [3.05, 3.63) is 24.4 Å². The SMILES string of the molecule is O=C(Nc1cccc2cn[nH]c12)NC1CCOCC1. The van der Waals surface area contributed by atoms with Gasteiger partial charge in [-0.2, -0.15) is 5.10 Å². The van der Waals surface area contributed by atoms with Crippen LogP contribution in [-0.2, 0) is 4.74 Å². The first-order chi connectivity index (χ1) is 9.33. The summed E-state index contributed by atoms with van der Waals surface area (Å²) in [5.74, 6) is 0. The van der Waals surface area contributed by atoms with E-state index < -0.39 is 0 Å². The first kappa shape index (κ1) is 12.0. The van der Waals surface area contributed by atoms with Crippen LogP contribution < -0.4 is 10.6 Å². The molecule has 2 aromatic rings. The number of urea groups is 1. The Morgan fingerprint density at radius 1 is 1.37 bits per heavy atom. The molecule has 1 fully saturated rings. The number of carbonyl (C=O) groups is 1. The van der Waals surface area contributed by atoms with E-state index in [-0.39, 0.29) is 12.1 Å². The van der Waals surface area contributed by atoms with Gasteiger partial charge in [-0.15, -0.1) is 0 Å². The summed E-state index contributed by atoms with van der Waals surface area (Å²) in [7, 11) is 0. The lowest BCUT2D eigenvalue weighted by Gasteiger charge is -2.23. The maximum atomic E-state index is 11.9. The van der Waals surface area contributed by atoms with Crippen LogP contribution in [-0.4, -0.2) is 35.5 Å². The van der Waals surface area contributed by atoms with Crippen LogP contribution in [0.4, 0.5) is 10.5 Å². The Bertz CT molecular complexity index is 575. The molecule has 0 saturated carbocycles. The second-order valence-corrected chi connectivity index (χ2v) is 4.62. The van der Waals surface area contributed by atoms with Crippen molar-refractivity contribution < 1.29 is 9.53 Å². The van der Waals surface area contributed by atoms with Gasteiger partial charge in [0.2, 0.25) is 0 Å². The number of aromatic amines is 1. The van der Waals surface area contributed by atoms with Gasteiger partial charge in [0.05, 0.1) is 17.4 Å². The van der Waals surface area contributed by atoms with E-state index in [1.807, 2.05) is 18.2 Å². The third-order valence-electron chi connectivity index (χ3n) is 3.28. The summed E-state index contributed by atoms with van der Waals surface area (Å²) in [6.07, 6.45) is 3.46. The number of H-pyrrole nitrogens is 1. The molecule has 0 bridgehead atoms. The smallest absolute Gasteiger partial charge is 0.319 e. The average molecular weight is 260 g/mol. The van der Waals surface area contributed by atoms with Gasteiger partial charge in [-0.3, -0.25) is 5.10 Å². The number of aromatic nitrogens is 2. The van der Waals surface area contributed by atoms with Crippen LogP contribution in [0.25, 0.3) is 10.9 Å². The summed E-state index contributed by atoms with van der Waals surface area (Å²) in [5, 5.41) is 13.6. The summed E-state index contributed by atoms with van der Waals surface area (Å²) in [4.78, 5) is 11.9. The highest BCUT2D eigenvalue weighted by molar-refractivity contribution is 5.99. The van der Waals surface area contributed by atoms with Gasteiger partial charge in [-0.05, 0) is 18.9 Å². The quantitative estimate of drug-likeness (QED) is 0.771. The van der Waals surface area contributed by atoms with E-state index in [0.717, 1.165) is 29.4 Å². The summed E-state index contributed by atoms with van der Waals surface area (Å²) >= 11 is 0. The van der Waals surface area contributed by atoms with Gasteiger partial charge in [0, 0.05) is 24.6 Å². The Kier molecular flexibility index (Phi) is 3.33. The molecule has 1 aliphatic heterocycles. The van der Waals surface area contributed by atoms with Gasteiger partial charge in [0.25, 0.3) is 0 Å². The molecule has 2 amide bonds. The Morgan fingerprint density at radius 3 is 3.05 bits per heavy atom. The van der Waals surface area contributed by atoms with Crippen molar-refractivity contribution in [2.45, 2.75) is 18.9 Å². The molecule has 0 unspecified atom stereocenters. The number of ether oxygens (including phenoxy) is 1. The number of hydrogen-bond acceptors (Lipinski definition) is 3. The highest BCUT2D eigenvalue weighted by Crippen LogP contribution is 2.20. The van der Waals surface area contributed by atoms with Crippen LogP contribution in [0, 0.1) is 0 Å². The van der Waals surface area contributed by atoms with Gasteiger partial charge in [0.15, 0.2) is 0 Å². The molecule has 3 rings (SSSR count).